The SMILES string of the molecule is O=C(O)C(Cl)CC=NO. The smallest absolute Gasteiger partial charge is 0.321 e. The first-order valence-electron chi connectivity index (χ1n) is 2.21. The summed E-state index contributed by atoms with van der Waals surface area (Å²) in [5.74, 6) is -1.11. The second-order valence-corrected chi connectivity index (χ2v) is 1.87. The molecule has 2 N–H and O–H groups in total. The van der Waals surface area contributed by atoms with Gasteiger partial charge in [-0.3, -0.25) is 4.79 Å². The molecule has 0 aromatic rings. The Bertz CT molecular complexity index is 125. The summed E-state index contributed by atoms with van der Waals surface area (Å²) in [6.07, 6.45) is 1.07. The van der Waals surface area contributed by atoms with Gasteiger partial charge in [0.2, 0.25) is 0 Å². The van der Waals surface area contributed by atoms with Crippen LogP contribution in [0, 0.1) is 0 Å². The van der Waals surface area contributed by atoms with E-state index in [0.29, 0.717) is 0 Å². The normalized spacial score (nSPS) is 13.9. The van der Waals surface area contributed by atoms with Gasteiger partial charge in [-0.2, -0.15) is 0 Å². The van der Waals surface area contributed by atoms with Gasteiger partial charge in [0.1, 0.15) is 5.38 Å². The molecule has 5 heteroatoms. The summed E-state index contributed by atoms with van der Waals surface area (Å²) in [4.78, 5) is 9.93. The maximum atomic E-state index is 9.93. The first-order valence-corrected chi connectivity index (χ1v) is 2.65. The van der Waals surface area contributed by atoms with Crippen LogP contribution < -0.4 is 0 Å². The number of alkyl halides is 1. The average Bonchev–Trinajstić information content (AvgIpc) is 1.82. The third kappa shape index (κ3) is 3.78. The van der Waals surface area contributed by atoms with Crippen molar-refractivity contribution in [3.63, 3.8) is 0 Å². The number of aliphatic carboxylic acids is 1. The molecule has 1 unspecified atom stereocenters. The van der Waals surface area contributed by atoms with Gasteiger partial charge in [-0.1, -0.05) is 0 Å². The number of carboxylic acids is 1. The molecular weight excluding hydrogens is 146 g/mol. The lowest BCUT2D eigenvalue weighted by Crippen LogP contribution is -2.12. The highest BCUT2D eigenvalue weighted by molar-refractivity contribution is 6.30. The van der Waals surface area contributed by atoms with Gasteiger partial charge >= 0.3 is 5.97 Å². The fourth-order valence-electron chi connectivity index (χ4n) is 0.241. The molecule has 0 heterocycles. The largest absolute Gasteiger partial charge is 0.480 e. The Labute approximate surface area is 56.7 Å². The van der Waals surface area contributed by atoms with Crippen LogP contribution in [-0.4, -0.2) is 27.9 Å². The van der Waals surface area contributed by atoms with Crippen LogP contribution in [0.1, 0.15) is 6.42 Å². The second kappa shape index (κ2) is 4.14. The molecule has 0 aromatic carbocycles. The number of nitrogens with zero attached hydrogens (tertiary/aromatic N) is 1. The van der Waals surface area contributed by atoms with Crippen LogP contribution in [0.25, 0.3) is 0 Å². The van der Waals surface area contributed by atoms with Gasteiger partial charge < -0.3 is 10.3 Å². The van der Waals surface area contributed by atoms with Gasteiger partial charge in [0.15, 0.2) is 0 Å². The first-order chi connectivity index (χ1) is 4.18. The fourth-order valence-corrected chi connectivity index (χ4v) is 0.320. The van der Waals surface area contributed by atoms with Gasteiger partial charge in [-0.05, 0) is 0 Å². The van der Waals surface area contributed by atoms with Crippen molar-refractivity contribution < 1.29 is 15.1 Å². The zero-order valence-corrected chi connectivity index (χ0v) is 5.25. The van der Waals surface area contributed by atoms with E-state index in [9.17, 15) is 4.79 Å². The lowest BCUT2D eigenvalue weighted by molar-refractivity contribution is -0.136. The van der Waals surface area contributed by atoms with Crippen molar-refractivity contribution >= 4 is 23.8 Å². The van der Waals surface area contributed by atoms with E-state index in [1.807, 2.05) is 0 Å². The summed E-state index contributed by atoms with van der Waals surface area (Å²) >= 11 is 5.19. The molecule has 9 heavy (non-hydrogen) atoms. The van der Waals surface area contributed by atoms with Crippen molar-refractivity contribution in [1.82, 2.24) is 0 Å². The highest BCUT2D eigenvalue weighted by Crippen LogP contribution is 1.98. The Morgan fingerprint density at radius 3 is 2.78 bits per heavy atom. The van der Waals surface area contributed by atoms with Crippen LogP contribution >= 0.6 is 11.6 Å². The van der Waals surface area contributed by atoms with Crippen molar-refractivity contribution in [1.29, 1.82) is 0 Å². The monoisotopic (exact) mass is 151 g/mol. The lowest BCUT2D eigenvalue weighted by atomic mass is 10.3. The van der Waals surface area contributed by atoms with Gasteiger partial charge in [0.05, 0.1) is 0 Å². The predicted octanol–water partition coefficient (Wildman–Crippen LogP) is 0.528. The van der Waals surface area contributed by atoms with Crippen molar-refractivity contribution in [3.8, 4) is 0 Å². The van der Waals surface area contributed by atoms with E-state index in [4.69, 9.17) is 21.9 Å². The van der Waals surface area contributed by atoms with Crippen molar-refractivity contribution in [2.24, 2.45) is 5.16 Å². The molecule has 0 bridgehead atoms. The Balaban J connectivity index is 3.50. The third-order valence-electron chi connectivity index (χ3n) is 0.662. The van der Waals surface area contributed by atoms with Crippen molar-refractivity contribution in [3.05, 3.63) is 0 Å². The number of hydrogen-bond acceptors (Lipinski definition) is 3. The first kappa shape index (κ1) is 8.23. The van der Waals surface area contributed by atoms with Crippen LogP contribution in [0.5, 0.6) is 0 Å². The molecule has 0 radical (unpaired) electrons. The predicted molar refractivity (Wildman–Crippen MR) is 32.2 cm³/mol. The zero-order valence-electron chi connectivity index (χ0n) is 4.49. The minimum absolute atomic E-state index is 0.0351. The number of carboxylic acid groups (broad SMARTS) is 1. The topological polar surface area (TPSA) is 69.9 Å². The van der Waals surface area contributed by atoms with E-state index in [0.717, 1.165) is 6.21 Å². The molecule has 52 valence electrons. The van der Waals surface area contributed by atoms with Crippen LogP contribution in [0.4, 0.5) is 0 Å². The van der Waals surface area contributed by atoms with Crippen LogP contribution in [0.3, 0.4) is 0 Å². The number of halogens is 1. The molecule has 4 nitrogen and oxygen atoms in total. The maximum absolute atomic E-state index is 9.93. The Kier molecular flexibility index (Phi) is 3.79. The molecule has 0 aromatic heterocycles. The van der Waals surface area contributed by atoms with Gasteiger partial charge in [-0.25, -0.2) is 0 Å². The Morgan fingerprint density at radius 2 is 2.44 bits per heavy atom. The third-order valence-corrected chi connectivity index (χ3v) is 1.03. The summed E-state index contributed by atoms with van der Waals surface area (Å²) in [6.45, 7) is 0. The summed E-state index contributed by atoms with van der Waals surface area (Å²) < 4.78 is 0. The van der Waals surface area contributed by atoms with Gasteiger partial charge in [-0.15, -0.1) is 16.8 Å². The van der Waals surface area contributed by atoms with E-state index in [-0.39, 0.29) is 6.42 Å². The van der Waals surface area contributed by atoms with E-state index < -0.39 is 11.3 Å². The van der Waals surface area contributed by atoms with E-state index in [1.54, 1.807) is 0 Å². The summed E-state index contributed by atoms with van der Waals surface area (Å²) in [5.41, 5.74) is 0. The lowest BCUT2D eigenvalue weighted by Gasteiger charge is -1.94. The quantitative estimate of drug-likeness (QED) is 0.268. The Hall–Kier alpha value is -0.770. The molecule has 0 rings (SSSR count). The van der Waals surface area contributed by atoms with E-state index >= 15 is 0 Å². The average molecular weight is 152 g/mol. The molecule has 0 saturated carbocycles. The zero-order chi connectivity index (χ0) is 7.28. The Morgan fingerprint density at radius 1 is 1.89 bits per heavy atom. The number of hydrogen-bond donors (Lipinski definition) is 2. The second-order valence-electron chi connectivity index (χ2n) is 1.34. The van der Waals surface area contributed by atoms with Crippen molar-refractivity contribution in [2.75, 3.05) is 0 Å². The minimum atomic E-state index is -1.11. The number of oxime groups is 1. The highest BCUT2D eigenvalue weighted by atomic mass is 35.5. The van der Waals surface area contributed by atoms with Crippen LogP contribution in [0.2, 0.25) is 0 Å². The molecule has 0 aliphatic rings. The fraction of sp³-hybridized carbons (Fsp3) is 0.500. The minimum Gasteiger partial charge on any atom is -0.480 e. The van der Waals surface area contributed by atoms with Crippen molar-refractivity contribution in [2.45, 2.75) is 11.8 Å². The summed E-state index contributed by atoms with van der Waals surface area (Å²) in [7, 11) is 0. The number of carbonyl (C=O) groups is 1. The highest BCUT2D eigenvalue weighted by Gasteiger charge is 2.10. The molecular formula is C4H6ClNO3. The molecule has 0 saturated heterocycles. The molecule has 0 aliphatic carbocycles. The van der Waals surface area contributed by atoms with Gasteiger partial charge in [0.25, 0.3) is 0 Å². The summed E-state index contributed by atoms with van der Waals surface area (Å²) in [6, 6.07) is 0. The molecule has 0 fully saturated rings. The number of rotatable bonds is 3. The van der Waals surface area contributed by atoms with Crippen LogP contribution in [0.15, 0.2) is 5.16 Å². The summed E-state index contributed by atoms with van der Waals surface area (Å²) in [5, 5.41) is 17.5. The van der Waals surface area contributed by atoms with E-state index in [2.05, 4.69) is 5.16 Å². The van der Waals surface area contributed by atoms with E-state index in [1.165, 1.54) is 0 Å². The van der Waals surface area contributed by atoms with Gasteiger partial charge in [0, 0.05) is 12.6 Å². The molecule has 0 aliphatic heterocycles. The van der Waals surface area contributed by atoms with Crippen LogP contribution in [-0.2, 0) is 4.79 Å². The molecule has 1 atom stereocenters. The maximum Gasteiger partial charge on any atom is 0.321 e. The molecule has 0 amide bonds. The molecule has 0 spiro atoms. The standard InChI is InChI=1S/C4H6ClNO3/c5-3(4(7)8)1-2-6-9/h2-3,9H,1H2,(H,7,8).